The van der Waals surface area contributed by atoms with Gasteiger partial charge in [0.1, 0.15) is 5.75 Å². The van der Waals surface area contributed by atoms with E-state index in [9.17, 15) is 5.11 Å². The molecule has 0 amide bonds. The Morgan fingerprint density at radius 2 is 2.00 bits per heavy atom. The third-order valence-corrected chi connectivity index (χ3v) is 2.50. The fourth-order valence-corrected chi connectivity index (χ4v) is 1.32. The van der Waals surface area contributed by atoms with Crippen LogP contribution in [0.25, 0.3) is 0 Å². The Balaban J connectivity index is 2.63. The van der Waals surface area contributed by atoms with Gasteiger partial charge in [-0.3, -0.25) is 0 Å². The lowest BCUT2D eigenvalue weighted by molar-refractivity contribution is 0.475. The summed E-state index contributed by atoms with van der Waals surface area (Å²) in [6, 6.07) is 6.88. The van der Waals surface area contributed by atoms with Crippen LogP contribution < -0.4 is 10.2 Å². The number of phenols is 1. The maximum absolute atomic E-state index is 9.17. The van der Waals surface area contributed by atoms with Gasteiger partial charge in [0.25, 0.3) is 0 Å². The highest BCUT2D eigenvalue weighted by molar-refractivity contribution is 7.80. The Labute approximate surface area is 101 Å². The third kappa shape index (κ3) is 3.55. The van der Waals surface area contributed by atoms with E-state index in [4.69, 9.17) is 12.2 Å². The van der Waals surface area contributed by atoms with Crippen LogP contribution in [0.5, 0.6) is 5.75 Å². The summed E-state index contributed by atoms with van der Waals surface area (Å²) < 4.78 is 0. The summed E-state index contributed by atoms with van der Waals surface area (Å²) in [6.45, 7) is 6.41. The molecule has 4 heteroatoms. The molecular formula is C12H16N2OS. The lowest BCUT2D eigenvalue weighted by Crippen LogP contribution is -2.37. The average Bonchev–Trinajstić information content (AvgIpc) is 2.26. The molecule has 3 nitrogen and oxygen atoms in total. The maximum atomic E-state index is 9.17. The summed E-state index contributed by atoms with van der Waals surface area (Å²) in [6.07, 6.45) is 0. The molecule has 0 saturated heterocycles. The average molecular weight is 236 g/mol. The van der Waals surface area contributed by atoms with Crippen LogP contribution >= 0.6 is 12.2 Å². The van der Waals surface area contributed by atoms with Crippen molar-refractivity contribution in [2.24, 2.45) is 0 Å². The highest BCUT2D eigenvalue weighted by Gasteiger charge is 2.05. The molecule has 0 bridgehead atoms. The van der Waals surface area contributed by atoms with Crippen molar-refractivity contribution < 1.29 is 5.11 Å². The summed E-state index contributed by atoms with van der Waals surface area (Å²) in [5, 5.41) is 12.9. The lowest BCUT2D eigenvalue weighted by Gasteiger charge is -2.21. The second-order valence-corrected chi connectivity index (χ2v) is 4.08. The summed E-state index contributed by atoms with van der Waals surface area (Å²) in [5.41, 5.74) is 1.96. The van der Waals surface area contributed by atoms with Crippen LogP contribution in [0.3, 0.4) is 0 Å². The normalized spacial score (nSPS) is 9.62. The van der Waals surface area contributed by atoms with Crippen LogP contribution in [0.1, 0.15) is 6.92 Å². The van der Waals surface area contributed by atoms with E-state index < -0.39 is 0 Å². The Morgan fingerprint density at radius 3 is 2.50 bits per heavy atom. The van der Waals surface area contributed by atoms with Crippen LogP contribution in [0.2, 0.25) is 0 Å². The molecule has 0 aliphatic heterocycles. The smallest absolute Gasteiger partial charge is 0.173 e. The molecule has 0 saturated carbocycles. The number of nitrogens with one attached hydrogen (secondary N) is 1. The molecule has 16 heavy (non-hydrogen) atoms. The lowest BCUT2D eigenvalue weighted by atomic mass is 10.3. The van der Waals surface area contributed by atoms with Gasteiger partial charge in [0.05, 0.1) is 0 Å². The van der Waals surface area contributed by atoms with Gasteiger partial charge in [0, 0.05) is 19.3 Å². The van der Waals surface area contributed by atoms with Crippen LogP contribution in [0, 0.1) is 0 Å². The van der Waals surface area contributed by atoms with E-state index in [0.717, 1.165) is 11.3 Å². The zero-order chi connectivity index (χ0) is 12.1. The number of anilines is 1. The minimum absolute atomic E-state index is 0.248. The second kappa shape index (κ2) is 5.51. The van der Waals surface area contributed by atoms with E-state index in [2.05, 4.69) is 11.9 Å². The van der Waals surface area contributed by atoms with Gasteiger partial charge in [0.15, 0.2) is 5.11 Å². The highest BCUT2D eigenvalue weighted by Crippen LogP contribution is 2.17. The number of benzene rings is 1. The Bertz CT molecular complexity index is 387. The van der Waals surface area contributed by atoms with Gasteiger partial charge in [-0.25, -0.2) is 0 Å². The first-order valence-electron chi connectivity index (χ1n) is 4.95. The van der Waals surface area contributed by atoms with Crippen molar-refractivity contribution in [2.75, 3.05) is 18.5 Å². The molecule has 0 spiro atoms. The Morgan fingerprint density at radius 1 is 1.44 bits per heavy atom. The number of rotatable bonds is 3. The number of nitrogens with zero attached hydrogens (tertiary/aromatic N) is 1. The first-order chi connectivity index (χ1) is 7.50. The molecule has 0 radical (unpaired) electrons. The summed E-state index contributed by atoms with van der Waals surface area (Å²) in [5.74, 6) is 0.248. The molecular weight excluding hydrogens is 220 g/mol. The van der Waals surface area contributed by atoms with Gasteiger partial charge in [0.2, 0.25) is 0 Å². The predicted octanol–water partition coefficient (Wildman–Crippen LogP) is 2.28. The van der Waals surface area contributed by atoms with E-state index >= 15 is 0 Å². The molecule has 2 N–H and O–H groups in total. The van der Waals surface area contributed by atoms with E-state index in [1.807, 2.05) is 31.0 Å². The maximum Gasteiger partial charge on any atom is 0.173 e. The van der Waals surface area contributed by atoms with Crippen molar-refractivity contribution in [3.8, 4) is 5.75 Å². The number of thiocarbonyl (C=S) groups is 1. The highest BCUT2D eigenvalue weighted by atomic mass is 32.1. The van der Waals surface area contributed by atoms with Crippen molar-refractivity contribution in [2.45, 2.75) is 6.92 Å². The van der Waals surface area contributed by atoms with E-state index in [0.29, 0.717) is 11.7 Å². The second-order valence-electron chi connectivity index (χ2n) is 3.69. The number of hydrogen-bond donors (Lipinski definition) is 2. The molecule has 0 atom stereocenters. The van der Waals surface area contributed by atoms with Crippen molar-refractivity contribution in [1.29, 1.82) is 0 Å². The van der Waals surface area contributed by atoms with E-state index in [1.165, 1.54) is 0 Å². The van der Waals surface area contributed by atoms with Crippen molar-refractivity contribution >= 4 is 23.0 Å². The molecule has 1 aromatic rings. The zero-order valence-electron chi connectivity index (χ0n) is 9.53. The van der Waals surface area contributed by atoms with Crippen LogP contribution in [0.15, 0.2) is 36.4 Å². The number of aromatic hydroxyl groups is 1. The molecule has 0 fully saturated rings. The van der Waals surface area contributed by atoms with Gasteiger partial charge in [-0.05, 0) is 43.4 Å². The van der Waals surface area contributed by atoms with Crippen molar-refractivity contribution in [3.63, 3.8) is 0 Å². The van der Waals surface area contributed by atoms with Gasteiger partial charge in [-0.15, -0.1) is 0 Å². The Hall–Kier alpha value is -1.55. The first-order valence-corrected chi connectivity index (χ1v) is 5.36. The largest absolute Gasteiger partial charge is 0.508 e. The van der Waals surface area contributed by atoms with Crippen LogP contribution in [0.4, 0.5) is 5.69 Å². The third-order valence-electron chi connectivity index (χ3n) is 2.08. The number of hydrogen-bond acceptors (Lipinski definition) is 2. The molecule has 0 unspecified atom stereocenters. The van der Waals surface area contributed by atoms with E-state index in [1.54, 1.807) is 12.1 Å². The molecule has 1 aromatic carbocycles. The first kappa shape index (κ1) is 12.5. The van der Waals surface area contributed by atoms with Gasteiger partial charge in [-0.2, -0.15) is 0 Å². The fourth-order valence-electron chi connectivity index (χ4n) is 1.14. The van der Waals surface area contributed by atoms with Crippen LogP contribution in [-0.4, -0.2) is 23.8 Å². The molecule has 0 aliphatic rings. The summed E-state index contributed by atoms with van der Waals surface area (Å²) >= 11 is 5.22. The quantitative estimate of drug-likeness (QED) is 0.623. The van der Waals surface area contributed by atoms with Gasteiger partial charge in [-0.1, -0.05) is 12.2 Å². The predicted molar refractivity (Wildman–Crippen MR) is 71.9 cm³/mol. The monoisotopic (exact) mass is 236 g/mol. The van der Waals surface area contributed by atoms with Gasteiger partial charge < -0.3 is 15.3 Å². The minimum Gasteiger partial charge on any atom is -0.508 e. The SMILES string of the molecule is C=C(C)CNC(=S)N(C)c1ccc(O)cc1. The van der Waals surface area contributed by atoms with Crippen molar-refractivity contribution in [1.82, 2.24) is 5.32 Å². The summed E-state index contributed by atoms with van der Waals surface area (Å²) in [4.78, 5) is 1.84. The molecule has 86 valence electrons. The minimum atomic E-state index is 0.248. The van der Waals surface area contributed by atoms with Crippen molar-refractivity contribution in [3.05, 3.63) is 36.4 Å². The summed E-state index contributed by atoms with van der Waals surface area (Å²) in [7, 11) is 1.88. The molecule has 1 rings (SSSR count). The topological polar surface area (TPSA) is 35.5 Å². The zero-order valence-corrected chi connectivity index (χ0v) is 10.3. The fraction of sp³-hybridized carbons (Fsp3) is 0.250. The van der Waals surface area contributed by atoms with Crippen LogP contribution in [-0.2, 0) is 0 Å². The molecule has 0 aliphatic carbocycles. The molecule has 0 aromatic heterocycles. The molecule has 0 heterocycles. The Kier molecular flexibility index (Phi) is 4.31. The number of phenolic OH excluding ortho intramolecular Hbond substituents is 1. The van der Waals surface area contributed by atoms with Gasteiger partial charge >= 0.3 is 0 Å². The standard InChI is InChI=1S/C12H16N2OS/c1-9(2)8-13-12(16)14(3)10-4-6-11(15)7-5-10/h4-7,15H,1,8H2,2-3H3,(H,13,16). The van der Waals surface area contributed by atoms with E-state index in [-0.39, 0.29) is 5.75 Å².